The van der Waals surface area contributed by atoms with Gasteiger partial charge in [-0.3, -0.25) is 9.79 Å². The molecule has 2 aromatic rings. The fourth-order valence-electron chi connectivity index (χ4n) is 2.25. The summed E-state index contributed by atoms with van der Waals surface area (Å²) < 4.78 is 18.4. The van der Waals surface area contributed by atoms with Crippen molar-refractivity contribution in [1.29, 1.82) is 0 Å². The van der Waals surface area contributed by atoms with Crippen LogP contribution >= 0.6 is 24.0 Å². The van der Waals surface area contributed by atoms with Crippen molar-refractivity contribution in [1.82, 2.24) is 10.6 Å². The molecule has 1 heterocycles. The van der Waals surface area contributed by atoms with E-state index in [0.29, 0.717) is 24.8 Å². The van der Waals surface area contributed by atoms with Gasteiger partial charge < -0.3 is 20.8 Å². The number of halogens is 2. The Labute approximate surface area is 163 Å². The molecule has 1 aromatic heterocycles. The van der Waals surface area contributed by atoms with Crippen LogP contribution in [0.5, 0.6) is 0 Å². The molecule has 136 valence electrons. The summed E-state index contributed by atoms with van der Waals surface area (Å²) in [5, 5.41) is 6.25. The first-order chi connectivity index (χ1) is 11.5. The maximum atomic E-state index is 13.1. The average molecular weight is 460 g/mol. The van der Waals surface area contributed by atoms with Gasteiger partial charge in [-0.05, 0) is 48.7 Å². The summed E-state index contributed by atoms with van der Waals surface area (Å²) in [6, 6.07) is 7.99. The summed E-state index contributed by atoms with van der Waals surface area (Å²) in [7, 11) is 1.66. The molecule has 0 saturated carbocycles. The summed E-state index contributed by atoms with van der Waals surface area (Å²) in [4.78, 5) is 15.1. The lowest BCUT2D eigenvalue weighted by atomic mass is 10.1. The van der Waals surface area contributed by atoms with Gasteiger partial charge in [0.2, 0.25) is 0 Å². The van der Waals surface area contributed by atoms with Gasteiger partial charge in [0.15, 0.2) is 11.7 Å². The van der Waals surface area contributed by atoms with Gasteiger partial charge >= 0.3 is 0 Å². The molecule has 0 aliphatic rings. The number of nitrogens with one attached hydrogen (secondary N) is 2. The predicted octanol–water partition coefficient (Wildman–Crippen LogP) is 2.35. The lowest BCUT2D eigenvalue weighted by molar-refractivity contribution is 0.0972. The number of benzene rings is 1. The van der Waals surface area contributed by atoms with Crippen molar-refractivity contribution in [2.75, 3.05) is 13.6 Å². The SMILES string of the molecule is CN=C(NCCc1ccc(F)cc1C)NCc1ccc(C(N)=O)o1.I. The Balaban J connectivity index is 0.00000312. The molecule has 0 radical (unpaired) electrons. The molecular weight excluding hydrogens is 438 g/mol. The number of nitrogens with two attached hydrogens (primary N) is 1. The van der Waals surface area contributed by atoms with Gasteiger partial charge in [0.05, 0.1) is 6.54 Å². The van der Waals surface area contributed by atoms with Crippen LogP contribution < -0.4 is 16.4 Å². The number of hydrogen-bond acceptors (Lipinski definition) is 3. The third-order valence-electron chi connectivity index (χ3n) is 3.55. The van der Waals surface area contributed by atoms with Crippen LogP contribution in [0, 0.1) is 12.7 Å². The van der Waals surface area contributed by atoms with Crippen molar-refractivity contribution in [2.45, 2.75) is 19.9 Å². The molecule has 1 aromatic carbocycles. The fraction of sp³-hybridized carbons (Fsp3) is 0.294. The topological polar surface area (TPSA) is 92.6 Å². The van der Waals surface area contributed by atoms with Gasteiger partial charge in [-0.1, -0.05) is 6.07 Å². The number of amides is 1. The van der Waals surface area contributed by atoms with Crippen molar-refractivity contribution in [3.8, 4) is 0 Å². The zero-order valence-electron chi connectivity index (χ0n) is 14.1. The molecule has 0 saturated heterocycles. The van der Waals surface area contributed by atoms with Gasteiger partial charge in [-0.2, -0.15) is 0 Å². The third kappa shape index (κ3) is 6.37. The molecule has 25 heavy (non-hydrogen) atoms. The summed E-state index contributed by atoms with van der Waals surface area (Å²) in [6.07, 6.45) is 0.749. The minimum absolute atomic E-state index is 0. The van der Waals surface area contributed by atoms with Gasteiger partial charge in [0, 0.05) is 13.6 Å². The van der Waals surface area contributed by atoms with E-state index in [0.717, 1.165) is 17.5 Å². The second kappa shape index (κ2) is 10.0. The second-order valence-electron chi connectivity index (χ2n) is 5.30. The van der Waals surface area contributed by atoms with Gasteiger partial charge in [-0.25, -0.2) is 4.39 Å². The Morgan fingerprint density at radius 2 is 2.04 bits per heavy atom. The van der Waals surface area contributed by atoms with Crippen LogP contribution in [0.4, 0.5) is 4.39 Å². The van der Waals surface area contributed by atoms with Crippen molar-refractivity contribution in [3.63, 3.8) is 0 Å². The summed E-state index contributed by atoms with van der Waals surface area (Å²) in [5.41, 5.74) is 7.14. The molecule has 0 spiro atoms. The molecule has 8 heteroatoms. The van der Waals surface area contributed by atoms with Crippen molar-refractivity contribution >= 4 is 35.8 Å². The summed E-state index contributed by atoms with van der Waals surface area (Å²) in [6.45, 7) is 2.91. The Bertz CT molecular complexity index is 746. The van der Waals surface area contributed by atoms with Crippen LogP contribution in [0.25, 0.3) is 0 Å². The van der Waals surface area contributed by atoms with E-state index in [4.69, 9.17) is 10.2 Å². The Hall–Kier alpha value is -2.10. The van der Waals surface area contributed by atoms with Gasteiger partial charge in [-0.15, -0.1) is 24.0 Å². The number of primary amides is 1. The molecular formula is C17H22FIN4O2. The zero-order chi connectivity index (χ0) is 17.5. The number of nitrogens with zero attached hydrogens (tertiary/aromatic N) is 1. The van der Waals surface area contributed by atoms with E-state index in [9.17, 15) is 9.18 Å². The quantitative estimate of drug-likeness (QED) is 0.351. The summed E-state index contributed by atoms with van der Waals surface area (Å²) >= 11 is 0. The van der Waals surface area contributed by atoms with Gasteiger partial charge in [0.1, 0.15) is 11.6 Å². The molecule has 0 bridgehead atoms. The highest BCUT2D eigenvalue weighted by molar-refractivity contribution is 14.0. The molecule has 0 atom stereocenters. The number of aryl methyl sites for hydroxylation is 1. The Morgan fingerprint density at radius 1 is 1.28 bits per heavy atom. The molecule has 2 rings (SSSR count). The zero-order valence-corrected chi connectivity index (χ0v) is 16.5. The van der Waals surface area contributed by atoms with E-state index in [-0.39, 0.29) is 35.6 Å². The highest BCUT2D eigenvalue weighted by Gasteiger charge is 2.07. The molecule has 0 unspecified atom stereocenters. The molecule has 6 nitrogen and oxygen atoms in total. The molecule has 0 fully saturated rings. The molecule has 4 N–H and O–H groups in total. The van der Waals surface area contributed by atoms with E-state index in [1.54, 1.807) is 19.2 Å². The van der Waals surface area contributed by atoms with Crippen molar-refractivity contribution < 1.29 is 13.6 Å². The van der Waals surface area contributed by atoms with Crippen LogP contribution in [0.15, 0.2) is 39.7 Å². The van der Waals surface area contributed by atoms with E-state index in [1.165, 1.54) is 18.2 Å². The van der Waals surface area contributed by atoms with E-state index >= 15 is 0 Å². The van der Waals surface area contributed by atoms with E-state index < -0.39 is 5.91 Å². The monoisotopic (exact) mass is 460 g/mol. The standard InChI is InChI=1S/C17H21FN4O2.HI/c1-11-9-13(18)4-3-12(11)7-8-21-17(20-2)22-10-14-5-6-15(24-14)16(19)23;/h3-6,9H,7-8,10H2,1-2H3,(H2,19,23)(H2,20,21,22);1H. The fourth-order valence-corrected chi connectivity index (χ4v) is 2.25. The Kier molecular flexibility index (Phi) is 8.39. The van der Waals surface area contributed by atoms with Gasteiger partial charge in [0.25, 0.3) is 5.91 Å². The van der Waals surface area contributed by atoms with Crippen LogP contribution in [0.1, 0.15) is 27.4 Å². The Morgan fingerprint density at radius 3 is 2.64 bits per heavy atom. The number of guanidine groups is 1. The summed E-state index contributed by atoms with van der Waals surface area (Å²) in [5.74, 6) is 0.489. The lowest BCUT2D eigenvalue weighted by Gasteiger charge is -2.12. The third-order valence-corrected chi connectivity index (χ3v) is 3.55. The molecule has 0 aliphatic heterocycles. The number of aliphatic imine (C=N–C) groups is 1. The highest BCUT2D eigenvalue weighted by atomic mass is 127. The highest BCUT2D eigenvalue weighted by Crippen LogP contribution is 2.10. The van der Waals surface area contributed by atoms with Crippen LogP contribution in [0.2, 0.25) is 0 Å². The largest absolute Gasteiger partial charge is 0.454 e. The van der Waals surface area contributed by atoms with Crippen LogP contribution in [0.3, 0.4) is 0 Å². The first-order valence-electron chi connectivity index (χ1n) is 7.57. The number of carbonyl (C=O) groups is 1. The first kappa shape index (κ1) is 20.9. The second-order valence-corrected chi connectivity index (χ2v) is 5.30. The van der Waals surface area contributed by atoms with Crippen molar-refractivity contribution in [3.05, 3.63) is 58.8 Å². The first-order valence-corrected chi connectivity index (χ1v) is 7.57. The minimum Gasteiger partial charge on any atom is -0.454 e. The maximum absolute atomic E-state index is 13.1. The van der Waals surface area contributed by atoms with Crippen LogP contribution in [-0.4, -0.2) is 25.5 Å². The maximum Gasteiger partial charge on any atom is 0.284 e. The minimum atomic E-state index is -0.599. The van der Waals surface area contributed by atoms with E-state index in [1.807, 2.05) is 6.92 Å². The number of hydrogen-bond donors (Lipinski definition) is 3. The van der Waals surface area contributed by atoms with Crippen molar-refractivity contribution in [2.24, 2.45) is 10.7 Å². The predicted molar refractivity (Wildman–Crippen MR) is 106 cm³/mol. The molecule has 0 aliphatic carbocycles. The smallest absolute Gasteiger partial charge is 0.284 e. The lowest BCUT2D eigenvalue weighted by Crippen LogP contribution is -2.37. The number of rotatable bonds is 6. The molecule has 1 amide bonds. The average Bonchev–Trinajstić information content (AvgIpc) is 3.01. The van der Waals surface area contributed by atoms with E-state index in [2.05, 4.69) is 15.6 Å². The number of carbonyl (C=O) groups excluding carboxylic acids is 1. The van der Waals surface area contributed by atoms with Crippen LogP contribution in [-0.2, 0) is 13.0 Å². The normalized spacial score (nSPS) is 10.9. The number of furan rings is 1.